The lowest BCUT2D eigenvalue weighted by atomic mass is 10.0. The second-order valence-corrected chi connectivity index (χ2v) is 4.09. The maximum absolute atomic E-state index is 6.19. The highest BCUT2D eigenvalue weighted by Crippen LogP contribution is 2.47. The first kappa shape index (κ1) is 10.5. The summed E-state index contributed by atoms with van der Waals surface area (Å²) in [7, 11) is 3.37. The first-order chi connectivity index (χ1) is 7.21. The second kappa shape index (κ2) is 3.83. The predicted octanol–water partition coefficient (Wildman–Crippen LogP) is 1.79. The van der Waals surface area contributed by atoms with Crippen LogP contribution in [0, 0.1) is 0 Å². The Kier molecular flexibility index (Phi) is 2.67. The van der Waals surface area contributed by atoms with E-state index in [0.717, 1.165) is 29.7 Å². The molecule has 1 aliphatic carbocycles. The van der Waals surface area contributed by atoms with Gasteiger partial charge in [-0.25, -0.2) is 0 Å². The van der Waals surface area contributed by atoms with Crippen LogP contribution in [0.15, 0.2) is 18.2 Å². The van der Waals surface area contributed by atoms with Gasteiger partial charge >= 0.3 is 0 Å². The van der Waals surface area contributed by atoms with Gasteiger partial charge in [0.15, 0.2) is 0 Å². The summed E-state index contributed by atoms with van der Waals surface area (Å²) in [5.41, 5.74) is 8.21. The molecule has 0 saturated heterocycles. The number of rotatable bonds is 4. The van der Waals surface area contributed by atoms with Crippen molar-refractivity contribution in [2.24, 2.45) is 5.73 Å². The molecule has 0 atom stereocenters. The minimum absolute atomic E-state index is 0.158. The first-order valence-corrected chi connectivity index (χ1v) is 5.15. The van der Waals surface area contributed by atoms with Gasteiger partial charge in [0.25, 0.3) is 0 Å². The van der Waals surface area contributed by atoms with Gasteiger partial charge < -0.3 is 15.2 Å². The van der Waals surface area contributed by atoms with E-state index in [1.165, 1.54) is 0 Å². The van der Waals surface area contributed by atoms with Gasteiger partial charge in [0.05, 0.1) is 13.7 Å². The van der Waals surface area contributed by atoms with Gasteiger partial charge in [0.1, 0.15) is 5.75 Å². The molecule has 0 radical (unpaired) electrons. The summed E-state index contributed by atoms with van der Waals surface area (Å²) in [4.78, 5) is 0. The van der Waals surface area contributed by atoms with Crippen molar-refractivity contribution >= 4 is 0 Å². The molecule has 1 aliphatic rings. The molecule has 2 N–H and O–H groups in total. The van der Waals surface area contributed by atoms with Crippen LogP contribution in [-0.2, 0) is 16.9 Å². The van der Waals surface area contributed by atoms with Crippen molar-refractivity contribution in [3.05, 3.63) is 29.3 Å². The van der Waals surface area contributed by atoms with E-state index in [1.807, 2.05) is 18.2 Å². The molecule has 0 aromatic heterocycles. The van der Waals surface area contributed by atoms with Crippen LogP contribution in [0.25, 0.3) is 0 Å². The van der Waals surface area contributed by atoms with Gasteiger partial charge in [-0.15, -0.1) is 0 Å². The summed E-state index contributed by atoms with van der Waals surface area (Å²) in [6.45, 7) is 0.563. The molecule has 3 heteroatoms. The second-order valence-electron chi connectivity index (χ2n) is 4.09. The van der Waals surface area contributed by atoms with Crippen LogP contribution in [0.4, 0.5) is 0 Å². The molecule has 0 heterocycles. The van der Waals surface area contributed by atoms with E-state index >= 15 is 0 Å². The summed E-state index contributed by atoms with van der Waals surface area (Å²) < 4.78 is 10.6. The lowest BCUT2D eigenvalue weighted by Crippen LogP contribution is -2.20. The molecule has 1 saturated carbocycles. The standard InChI is InChI=1S/C12H17NO2/c1-14-8-9-4-3-5-10(11(9)15-2)12(13)6-7-12/h3-5H,6-8,13H2,1-2H3. The van der Waals surface area contributed by atoms with Crippen molar-refractivity contribution < 1.29 is 9.47 Å². The molecule has 0 unspecified atom stereocenters. The van der Waals surface area contributed by atoms with E-state index in [0.29, 0.717) is 6.61 Å². The number of methoxy groups -OCH3 is 2. The summed E-state index contributed by atoms with van der Waals surface area (Å²) in [6.07, 6.45) is 2.08. The fourth-order valence-corrected chi connectivity index (χ4v) is 1.89. The Balaban J connectivity index is 2.41. The van der Waals surface area contributed by atoms with Gasteiger partial charge in [0, 0.05) is 23.8 Å². The van der Waals surface area contributed by atoms with E-state index in [9.17, 15) is 0 Å². The fraction of sp³-hybridized carbons (Fsp3) is 0.500. The van der Waals surface area contributed by atoms with Crippen molar-refractivity contribution in [1.29, 1.82) is 0 Å². The van der Waals surface area contributed by atoms with Crippen LogP contribution in [-0.4, -0.2) is 14.2 Å². The molecule has 3 nitrogen and oxygen atoms in total. The van der Waals surface area contributed by atoms with E-state index in [-0.39, 0.29) is 5.54 Å². The molecule has 2 rings (SSSR count). The van der Waals surface area contributed by atoms with Crippen molar-refractivity contribution in [3.63, 3.8) is 0 Å². The SMILES string of the molecule is COCc1cccc(C2(N)CC2)c1OC. The van der Waals surface area contributed by atoms with Crippen LogP contribution in [0.3, 0.4) is 0 Å². The highest BCUT2D eigenvalue weighted by Gasteiger charge is 2.42. The van der Waals surface area contributed by atoms with E-state index in [1.54, 1.807) is 14.2 Å². The van der Waals surface area contributed by atoms with E-state index in [2.05, 4.69) is 0 Å². The third-order valence-corrected chi connectivity index (χ3v) is 2.93. The maximum atomic E-state index is 6.19. The monoisotopic (exact) mass is 207 g/mol. The van der Waals surface area contributed by atoms with Gasteiger partial charge in [-0.1, -0.05) is 18.2 Å². The molecule has 0 spiro atoms. The van der Waals surface area contributed by atoms with Crippen LogP contribution in [0.2, 0.25) is 0 Å². The smallest absolute Gasteiger partial charge is 0.129 e. The average Bonchev–Trinajstić information content (AvgIpc) is 2.98. The van der Waals surface area contributed by atoms with Gasteiger partial charge in [-0.05, 0) is 12.8 Å². The topological polar surface area (TPSA) is 44.5 Å². The zero-order valence-corrected chi connectivity index (χ0v) is 9.25. The average molecular weight is 207 g/mol. The van der Waals surface area contributed by atoms with E-state index in [4.69, 9.17) is 15.2 Å². The van der Waals surface area contributed by atoms with Crippen LogP contribution in [0.1, 0.15) is 24.0 Å². The van der Waals surface area contributed by atoms with Crippen molar-refractivity contribution in [2.45, 2.75) is 25.0 Å². The minimum Gasteiger partial charge on any atom is -0.496 e. The van der Waals surface area contributed by atoms with E-state index < -0.39 is 0 Å². The first-order valence-electron chi connectivity index (χ1n) is 5.15. The Morgan fingerprint density at radius 2 is 2.07 bits per heavy atom. The molecule has 1 fully saturated rings. The van der Waals surface area contributed by atoms with Gasteiger partial charge in [-0.3, -0.25) is 0 Å². The largest absolute Gasteiger partial charge is 0.496 e. The Bertz CT molecular complexity index is 359. The van der Waals surface area contributed by atoms with Crippen LogP contribution in [0.5, 0.6) is 5.75 Å². The fourth-order valence-electron chi connectivity index (χ4n) is 1.89. The Morgan fingerprint density at radius 1 is 1.33 bits per heavy atom. The number of nitrogens with two attached hydrogens (primary N) is 1. The quantitative estimate of drug-likeness (QED) is 0.818. The molecule has 82 valence electrons. The molecule has 1 aromatic rings. The van der Waals surface area contributed by atoms with Crippen molar-refractivity contribution in [1.82, 2.24) is 0 Å². The number of hydrogen-bond acceptors (Lipinski definition) is 3. The lowest BCUT2D eigenvalue weighted by Gasteiger charge is -2.17. The van der Waals surface area contributed by atoms with Gasteiger partial charge in [-0.2, -0.15) is 0 Å². The maximum Gasteiger partial charge on any atom is 0.129 e. The molecular weight excluding hydrogens is 190 g/mol. The number of benzene rings is 1. The lowest BCUT2D eigenvalue weighted by molar-refractivity contribution is 0.181. The number of hydrogen-bond donors (Lipinski definition) is 1. The molecule has 1 aromatic carbocycles. The summed E-state index contributed by atoms with van der Waals surface area (Å²) >= 11 is 0. The molecule has 0 amide bonds. The summed E-state index contributed by atoms with van der Waals surface area (Å²) in [6, 6.07) is 6.07. The molecule has 0 bridgehead atoms. The third-order valence-electron chi connectivity index (χ3n) is 2.93. The summed E-state index contributed by atoms with van der Waals surface area (Å²) in [5.74, 6) is 0.888. The summed E-state index contributed by atoms with van der Waals surface area (Å²) in [5, 5.41) is 0. The van der Waals surface area contributed by atoms with Crippen molar-refractivity contribution in [3.8, 4) is 5.75 Å². The number of para-hydroxylation sites is 1. The molecular formula is C12H17NO2. The predicted molar refractivity (Wildman–Crippen MR) is 58.8 cm³/mol. The van der Waals surface area contributed by atoms with Crippen LogP contribution < -0.4 is 10.5 Å². The Morgan fingerprint density at radius 3 is 2.60 bits per heavy atom. The Hall–Kier alpha value is -1.06. The molecule has 15 heavy (non-hydrogen) atoms. The zero-order valence-electron chi connectivity index (χ0n) is 9.25. The minimum atomic E-state index is -0.158. The highest BCUT2D eigenvalue weighted by molar-refractivity contribution is 5.47. The zero-order chi connectivity index (χ0) is 10.9. The van der Waals surface area contributed by atoms with Gasteiger partial charge in [0.2, 0.25) is 0 Å². The molecule has 0 aliphatic heterocycles. The highest BCUT2D eigenvalue weighted by atomic mass is 16.5. The van der Waals surface area contributed by atoms with Crippen molar-refractivity contribution in [2.75, 3.05) is 14.2 Å². The normalized spacial score (nSPS) is 17.5. The van der Waals surface area contributed by atoms with Crippen LogP contribution >= 0.6 is 0 Å². The number of ether oxygens (including phenoxy) is 2. The Labute approximate surface area is 90.2 Å². The third kappa shape index (κ3) is 1.85.